The summed E-state index contributed by atoms with van der Waals surface area (Å²) in [6, 6.07) is 15.8. The maximum absolute atomic E-state index is 11.5. The number of fused-ring (bicyclic) bond motifs is 3. The van der Waals surface area contributed by atoms with Gasteiger partial charge in [-0.25, -0.2) is 4.79 Å². The molecule has 0 unspecified atom stereocenters. The highest BCUT2D eigenvalue weighted by molar-refractivity contribution is 6.08. The molecule has 2 aromatic carbocycles. The zero-order valence-corrected chi connectivity index (χ0v) is 12.9. The highest BCUT2D eigenvalue weighted by atomic mass is 16.5. The third-order valence-corrected chi connectivity index (χ3v) is 3.80. The molecule has 1 aromatic heterocycles. The van der Waals surface area contributed by atoms with E-state index in [4.69, 9.17) is 10.00 Å². The molecule has 0 aliphatic heterocycles. The number of carbonyl (C=O) groups excluding carboxylic acids is 1. The van der Waals surface area contributed by atoms with E-state index in [0.29, 0.717) is 17.7 Å². The lowest BCUT2D eigenvalue weighted by atomic mass is 10.1. The van der Waals surface area contributed by atoms with Gasteiger partial charge in [0.1, 0.15) is 6.61 Å². The maximum Gasteiger partial charge on any atom is 0.333 e. The van der Waals surface area contributed by atoms with Crippen molar-refractivity contribution in [1.29, 1.82) is 5.26 Å². The number of nitriles is 1. The molecular formula is C19H16N2O2. The van der Waals surface area contributed by atoms with Gasteiger partial charge in [0.2, 0.25) is 0 Å². The van der Waals surface area contributed by atoms with Gasteiger partial charge in [-0.05, 0) is 31.2 Å². The van der Waals surface area contributed by atoms with Crippen LogP contribution in [0.3, 0.4) is 0 Å². The molecule has 0 saturated carbocycles. The van der Waals surface area contributed by atoms with E-state index in [1.807, 2.05) is 36.4 Å². The largest absolute Gasteiger partial charge is 0.460 e. The summed E-state index contributed by atoms with van der Waals surface area (Å²) in [5.41, 5.74) is 3.11. The zero-order valence-electron chi connectivity index (χ0n) is 12.9. The molecule has 0 aliphatic carbocycles. The summed E-state index contributed by atoms with van der Waals surface area (Å²) in [5.74, 6) is -0.377. The Hall–Kier alpha value is -3.06. The Morgan fingerprint density at radius 2 is 1.96 bits per heavy atom. The van der Waals surface area contributed by atoms with Gasteiger partial charge in [-0.3, -0.25) is 0 Å². The van der Waals surface area contributed by atoms with Crippen LogP contribution in [0.25, 0.3) is 21.8 Å². The number of esters is 1. The van der Waals surface area contributed by atoms with Crippen LogP contribution in [0.5, 0.6) is 0 Å². The lowest BCUT2D eigenvalue weighted by Crippen LogP contribution is -2.11. The van der Waals surface area contributed by atoms with Crippen LogP contribution >= 0.6 is 0 Å². The minimum atomic E-state index is -0.377. The van der Waals surface area contributed by atoms with E-state index < -0.39 is 0 Å². The first-order valence-electron chi connectivity index (χ1n) is 7.35. The Kier molecular flexibility index (Phi) is 3.86. The Bertz CT molecular complexity index is 961. The number of para-hydroxylation sites is 1. The molecule has 0 spiro atoms. The number of rotatable bonds is 4. The minimum absolute atomic E-state index is 0.277. The van der Waals surface area contributed by atoms with E-state index in [2.05, 4.69) is 17.2 Å². The summed E-state index contributed by atoms with van der Waals surface area (Å²) >= 11 is 0. The first-order chi connectivity index (χ1) is 11.1. The second-order valence-corrected chi connectivity index (χ2v) is 5.43. The molecule has 0 saturated heterocycles. The molecular weight excluding hydrogens is 288 g/mol. The van der Waals surface area contributed by atoms with E-state index in [1.54, 1.807) is 13.0 Å². The highest BCUT2D eigenvalue weighted by Gasteiger charge is 2.11. The second kappa shape index (κ2) is 5.98. The van der Waals surface area contributed by atoms with Crippen LogP contribution in [0.4, 0.5) is 0 Å². The summed E-state index contributed by atoms with van der Waals surface area (Å²) < 4.78 is 7.32. The Morgan fingerprint density at radius 3 is 2.70 bits per heavy atom. The van der Waals surface area contributed by atoms with Gasteiger partial charge in [-0.1, -0.05) is 24.8 Å². The molecule has 0 N–H and O–H groups in total. The van der Waals surface area contributed by atoms with Crippen LogP contribution in [-0.2, 0) is 16.1 Å². The van der Waals surface area contributed by atoms with E-state index >= 15 is 0 Å². The van der Waals surface area contributed by atoms with Crippen LogP contribution in [-0.4, -0.2) is 17.1 Å². The molecule has 0 amide bonds. The monoisotopic (exact) mass is 304 g/mol. The van der Waals surface area contributed by atoms with Gasteiger partial charge in [-0.2, -0.15) is 5.26 Å². The SMILES string of the molecule is C=C(C)C(=O)OCCn1c2ccccc2c2cc(C#N)ccc21. The quantitative estimate of drug-likeness (QED) is 0.544. The van der Waals surface area contributed by atoms with E-state index in [0.717, 1.165) is 21.8 Å². The molecule has 0 radical (unpaired) electrons. The Balaban J connectivity index is 2.02. The van der Waals surface area contributed by atoms with Gasteiger partial charge in [0.25, 0.3) is 0 Å². The fraction of sp³-hybridized carbons (Fsp3) is 0.158. The molecule has 0 aliphatic rings. The van der Waals surface area contributed by atoms with E-state index in [-0.39, 0.29) is 12.6 Å². The van der Waals surface area contributed by atoms with E-state index in [1.165, 1.54) is 0 Å². The van der Waals surface area contributed by atoms with Crippen LogP contribution in [0, 0.1) is 11.3 Å². The molecule has 0 bridgehead atoms. The summed E-state index contributed by atoms with van der Waals surface area (Å²) in [6.45, 7) is 6.04. The number of hydrogen-bond donors (Lipinski definition) is 0. The van der Waals surface area contributed by atoms with Crippen LogP contribution < -0.4 is 0 Å². The number of benzene rings is 2. The van der Waals surface area contributed by atoms with Crippen molar-refractivity contribution in [2.45, 2.75) is 13.5 Å². The Labute approximate surface area is 134 Å². The molecule has 3 aromatic rings. The van der Waals surface area contributed by atoms with Crippen LogP contribution in [0.1, 0.15) is 12.5 Å². The molecule has 3 rings (SSSR count). The number of ether oxygens (including phenoxy) is 1. The Morgan fingerprint density at radius 1 is 1.22 bits per heavy atom. The van der Waals surface area contributed by atoms with Crippen molar-refractivity contribution in [2.24, 2.45) is 0 Å². The molecule has 0 atom stereocenters. The standard InChI is InChI=1S/C19H16N2O2/c1-13(2)19(22)23-10-9-21-17-6-4-3-5-15(17)16-11-14(12-20)7-8-18(16)21/h3-8,11H,1,9-10H2,2H3. The topological polar surface area (TPSA) is 55.0 Å². The van der Waals surface area contributed by atoms with Gasteiger partial charge in [0, 0.05) is 27.4 Å². The van der Waals surface area contributed by atoms with Crippen molar-refractivity contribution in [3.05, 3.63) is 60.2 Å². The summed E-state index contributed by atoms with van der Waals surface area (Å²) in [6.07, 6.45) is 0. The predicted octanol–water partition coefficient (Wildman–Crippen LogP) is 3.79. The number of aromatic nitrogens is 1. The van der Waals surface area contributed by atoms with Crippen molar-refractivity contribution in [3.63, 3.8) is 0 Å². The highest BCUT2D eigenvalue weighted by Crippen LogP contribution is 2.29. The van der Waals surface area contributed by atoms with Crippen molar-refractivity contribution >= 4 is 27.8 Å². The maximum atomic E-state index is 11.5. The minimum Gasteiger partial charge on any atom is -0.460 e. The normalized spacial score (nSPS) is 10.6. The van der Waals surface area contributed by atoms with Gasteiger partial charge in [0.05, 0.1) is 18.2 Å². The van der Waals surface area contributed by atoms with E-state index in [9.17, 15) is 4.79 Å². The van der Waals surface area contributed by atoms with Gasteiger partial charge in [-0.15, -0.1) is 0 Å². The molecule has 4 nitrogen and oxygen atoms in total. The van der Waals surface area contributed by atoms with Crippen LogP contribution in [0.15, 0.2) is 54.6 Å². The third-order valence-electron chi connectivity index (χ3n) is 3.80. The molecule has 23 heavy (non-hydrogen) atoms. The zero-order chi connectivity index (χ0) is 16.4. The van der Waals surface area contributed by atoms with Crippen molar-refractivity contribution in [1.82, 2.24) is 4.57 Å². The molecule has 1 heterocycles. The van der Waals surface area contributed by atoms with Gasteiger partial charge in [0.15, 0.2) is 0 Å². The average Bonchev–Trinajstić information content (AvgIpc) is 2.88. The van der Waals surface area contributed by atoms with Gasteiger partial charge < -0.3 is 9.30 Å². The average molecular weight is 304 g/mol. The van der Waals surface area contributed by atoms with Crippen LogP contribution in [0.2, 0.25) is 0 Å². The fourth-order valence-corrected chi connectivity index (χ4v) is 2.72. The number of nitrogens with zero attached hydrogens (tertiary/aromatic N) is 2. The predicted molar refractivity (Wildman–Crippen MR) is 89.9 cm³/mol. The van der Waals surface area contributed by atoms with Crippen molar-refractivity contribution in [2.75, 3.05) is 6.61 Å². The fourth-order valence-electron chi connectivity index (χ4n) is 2.72. The number of carbonyl (C=O) groups is 1. The smallest absolute Gasteiger partial charge is 0.333 e. The van der Waals surface area contributed by atoms with Crippen molar-refractivity contribution in [3.8, 4) is 6.07 Å². The molecule has 0 fully saturated rings. The summed E-state index contributed by atoms with van der Waals surface area (Å²) in [4.78, 5) is 11.5. The first kappa shape index (κ1) is 14.9. The second-order valence-electron chi connectivity index (χ2n) is 5.43. The number of hydrogen-bond acceptors (Lipinski definition) is 3. The summed E-state index contributed by atoms with van der Waals surface area (Å²) in [7, 11) is 0. The molecule has 4 heteroatoms. The summed E-state index contributed by atoms with van der Waals surface area (Å²) in [5, 5.41) is 11.2. The first-order valence-corrected chi connectivity index (χ1v) is 7.35. The lowest BCUT2D eigenvalue weighted by Gasteiger charge is -2.08. The third kappa shape index (κ3) is 2.69. The van der Waals surface area contributed by atoms with Crippen molar-refractivity contribution < 1.29 is 9.53 Å². The molecule has 114 valence electrons. The van der Waals surface area contributed by atoms with Gasteiger partial charge >= 0.3 is 5.97 Å². The lowest BCUT2D eigenvalue weighted by molar-refractivity contribution is -0.139.